The Morgan fingerprint density at radius 1 is 0.879 bits per heavy atom. The summed E-state index contributed by atoms with van der Waals surface area (Å²) in [7, 11) is 0. The monoisotopic (exact) mass is 454 g/mol. The highest BCUT2D eigenvalue weighted by Gasteiger charge is 2.76. The van der Waals surface area contributed by atoms with Crippen molar-refractivity contribution < 1.29 is 4.74 Å². The first-order valence-corrected chi connectivity index (χ1v) is 14.5. The van der Waals surface area contributed by atoms with Crippen LogP contribution in [-0.2, 0) is 4.74 Å². The number of ether oxygens (including phenoxy) is 1. The van der Waals surface area contributed by atoms with Crippen molar-refractivity contribution in [3.63, 3.8) is 0 Å². The van der Waals surface area contributed by atoms with Gasteiger partial charge in [0.25, 0.3) is 0 Å². The van der Waals surface area contributed by atoms with Gasteiger partial charge in [0.15, 0.2) is 0 Å². The second-order valence-electron chi connectivity index (χ2n) is 15.6. The van der Waals surface area contributed by atoms with E-state index < -0.39 is 0 Å². The van der Waals surface area contributed by atoms with E-state index in [2.05, 4.69) is 68.9 Å². The predicted molar refractivity (Wildman–Crippen MR) is 140 cm³/mol. The van der Waals surface area contributed by atoms with Gasteiger partial charge in [0.2, 0.25) is 0 Å². The molecule has 5 aliphatic rings. The SMILES string of the molecule is C=C(C)C(C)(C)CCC(C)C1CCC2(C)C3CCC4C(C)(C)C5CCC4(O5)C3(C)CCC12C. The number of allylic oxidation sites excluding steroid dienone is 1. The summed E-state index contributed by atoms with van der Waals surface area (Å²) in [6, 6.07) is 0. The number of hydrogen-bond donors (Lipinski definition) is 0. The van der Waals surface area contributed by atoms with Crippen molar-refractivity contribution in [3.8, 4) is 0 Å². The molecule has 2 aliphatic heterocycles. The Kier molecular flexibility index (Phi) is 5.28. The van der Waals surface area contributed by atoms with Gasteiger partial charge in [-0.2, -0.15) is 0 Å². The molecule has 0 aromatic heterocycles. The molecule has 1 nitrogen and oxygen atoms in total. The molecule has 3 saturated carbocycles. The molecular weight excluding hydrogens is 400 g/mol. The zero-order chi connectivity index (χ0) is 24.2. The van der Waals surface area contributed by atoms with Crippen LogP contribution in [0.5, 0.6) is 0 Å². The second-order valence-corrected chi connectivity index (χ2v) is 15.6. The van der Waals surface area contributed by atoms with Gasteiger partial charge in [0.05, 0.1) is 11.7 Å². The molecule has 2 bridgehead atoms. The van der Waals surface area contributed by atoms with E-state index in [-0.39, 0.29) is 11.0 Å². The Morgan fingerprint density at radius 3 is 2.18 bits per heavy atom. The van der Waals surface area contributed by atoms with Gasteiger partial charge in [0.1, 0.15) is 0 Å². The van der Waals surface area contributed by atoms with E-state index in [0.29, 0.717) is 27.8 Å². The molecule has 0 amide bonds. The lowest BCUT2D eigenvalue weighted by atomic mass is 9.36. The highest BCUT2D eigenvalue weighted by molar-refractivity contribution is 5.25. The zero-order valence-corrected chi connectivity index (χ0v) is 23.6. The maximum Gasteiger partial charge on any atom is 0.0777 e. The summed E-state index contributed by atoms with van der Waals surface area (Å²) in [5, 5.41) is 0. The Morgan fingerprint density at radius 2 is 1.52 bits per heavy atom. The number of rotatable bonds is 5. The summed E-state index contributed by atoms with van der Waals surface area (Å²) in [6.45, 7) is 27.1. The molecule has 2 heterocycles. The van der Waals surface area contributed by atoms with E-state index in [1.54, 1.807) is 0 Å². The smallest absolute Gasteiger partial charge is 0.0777 e. The van der Waals surface area contributed by atoms with Crippen molar-refractivity contribution >= 4 is 0 Å². The largest absolute Gasteiger partial charge is 0.370 e. The number of hydrogen-bond acceptors (Lipinski definition) is 1. The van der Waals surface area contributed by atoms with Gasteiger partial charge in [0, 0.05) is 5.41 Å². The minimum absolute atomic E-state index is 0.170. The Balaban J connectivity index is 1.42. The fourth-order valence-electron chi connectivity index (χ4n) is 11.1. The van der Waals surface area contributed by atoms with Crippen LogP contribution in [-0.4, -0.2) is 11.7 Å². The molecular formula is C32H54O. The van der Waals surface area contributed by atoms with Crippen LogP contribution in [0.2, 0.25) is 0 Å². The first-order chi connectivity index (χ1) is 15.2. The first-order valence-electron chi connectivity index (χ1n) is 14.5. The van der Waals surface area contributed by atoms with Crippen LogP contribution in [0, 0.1) is 50.7 Å². The molecule has 5 fully saturated rings. The minimum Gasteiger partial charge on any atom is -0.370 e. The van der Waals surface area contributed by atoms with Gasteiger partial charge in [-0.05, 0) is 116 Å². The Bertz CT molecular complexity index is 822. The van der Waals surface area contributed by atoms with Crippen molar-refractivity contribution in [1.29, 1.82) is 0 Å². The van der Waals surface area contributed by atoms with Gasteiger partial charge in [-0.3, -0.25) is 0 Å². The zero-order valence-electron chi connectivity index (χ0n) is 23.6. The lowest BCUT2D eigenvalue weighted by Gasteiger charge is -2.68. The molecule has 3 aliphatic carbocycles. The molecule has 33 heavy (non-hydrogen) atoms. The highest BCUT2D eigenvalue weighted by Crippen LogP contribution is 2.79. The van der Waals surface area contributed by atoms with Crippen molar-refractivity contribution in [2.45, 2.75) is 138 Å². The van der Waals surface area contributed by atoms with Crippen LogP contribution >= 0.6 is 0 Å². The second kappa shape index (κ2) is 7.14. The van der Waals surface area contributed by atoms with Gasteiger partial charge in [-0.1, -0.05) is 67.5 Å². The third kappa shape index (κ3) is 2.87. The van der Waals surface area contributed by atoms with Crippen molar-refractivity contribution in [1.82, 2.24) is 0 Å². The molecule has 0 N–H and O–H groups in total. The fraction of sp³-hybridized carbons (Fsp3) is 0.938. The van der Waals surface area contributed by atoms with Crippen LogP contribution in [0.15, 0.2) is 12.2 Å². The molecule has 0 aromatic carbocycles. The standard InChI is InChI=1S/C32H54O/c1-21(2)27(4,5)16-13-22(3)23-14-17-30(9)25-12-11-24-28(6,7)26-15-18-32(24,33-26)31(25,10)20-19-29(23,30)8/h22-26H,1,11-20H2,2-10H3. The van der Waals surface area contributed by atoms with Gasteiger partial charge < -0.3 is 4.74 Å². The quantitative estimate of drug-likeness (QED) is 0.376. The van der Waals surface area contributed by atoms with Crippen molar-refractivity contribution in [3.05, 3.63) is 12.2 Å². The maximum atomic E-state index is 7.14. The normalized spacial score (nSPS) is 51.1. The molecule has 1 spiro atoms. The average molecular weight is 455 g/mol. The summed E-state index contributed by atoms with van der Waals surface area (Å²) < 4.78 is 7.14. The molecule has 9 unspecified atom stereocenters. The van der Waals surface area contributed by atoms with Crippen LogP contribution in [0.3, 0.4) is 0 Å². The third-order valence-corrected chi connectivity index (χ3v) is 14.0. The summed E-state index contributed by atoms with van der Waals surface area (Å²) >= 11 is 0. The van der Waals surface area contributed by atoms with Gasteiger partial charge in [-0.25, -0.2) is 0 Å². The lowest BCUT2D eigenvalue weighted by molar-refractivity contribution is -0.230. The average Bonchev–Trinajstić information content (AvgIpc) is 3.35. The minimum atomic E-state index is 0.170. The van der Waals surface area contributed by atoms with E-state index in [1.807, 2.05) is 0 Å². The Hall–Kier alpha value is -0.300. The summed E-state index contributed by atoms with van der Waals surface area (Å²) in [6.07, 6.45) is 14.3. The predicted octanol–water partition coefficient (Wildman–Crippen LogP) is 9.21. The molecule has 5 rings (SSSR count). The van der Waals surface area contributed by atoms with Crippen LogP contribution in [0.4, 0.5) is 0 Å². The molecule has 2 saturated heterocycles. The molecule has 1 heteroatoms. The highest BCUT2D eigenvalue weighted by atomic mass is 16.5. The third-order valence-electron chi connectivity index (χ3n) is 14.0. The topological polar surface area (TPSA) is 9.23 Å². The van der Waals surface area contributed by atoms with E-state index in [1.165, 1.54) is 69.8 Å². The molecule has 188 valence electrons. The van der Waals surface area contributed by atoms with Crippen molar-refractivity contribution in [2.75, 3.05) is 0 Å². The van der Waals surface area contributed by atoms with Crippen LogP contribution < -0.4 is 0 Å². The summed E-state index contributed by atoms with van der Waals surface area (Å²) in [4.78, 5) is 0. The number of fused-ring (bicyclic) bond motifs is 4. The van der Waals surface area contributed by atoms with E-state index in [9.17, 15) is 0 Å². The first kappa shape index (κ1) is 24.4. The Labute approximate surface area is 205 Å². The van der Waals surface area contributed by atoms with Gasteiger partial charge >= 0.3 is 0 Å². The van der Waals surface area contributed by atoms with Crippen LogP contribution in [0.25, 0.3) is 0 Å². The molecule has 0 radical (unpaired) electrons. The maximum absolute atomic E-state index is 7.14. The summed E-state index contributed by atoms with van der Waals surface area (Å²) in [5.74, 6) is 3.29. The van der Waals surface area contributed by atoms with E-state index >= 15 is 0 Å². The van der Waals surface area contributed by atoms with Crippen molar-refractivity contribution in [2.24, 2.45) is 50.7 Å². The molecule has 0 aromatic rings. The van der Waals surface area contributed by atoms with Gasteiger partial charge in [-0.15, -0.1) is 0 Å². The van der Waals surface area contributed by atoms with E-state index in [0.717, 1.165) is 23.7 Å². The molecule has 9 atom stereocenters. The fourth-order valence-corrected chi connectivity index (χ4v) is 11.1. The lowest BCUT2D eigenvalue weighted by Crippen LogP contribution is -2.66. The van der Waals surface area contributed by atoms with Crippen LogP contribution in [0.1, 0.15) is 127 Å². The van der Waals surface area contributed by atoms with E-state index in [4.69, 9.17) is 4.74 Å². The summed E-state index contributed by atoms with van der Waals surface area (Å²) in [5.41, 5.74) is 3.48.